The highest BCUT2D eigenvalue weighted by atomic mass is 35.5. The molecule has 80 valence electrons. The number of hydrogen-bond donors (Lipinski definition) is 2. The zero-order valence-corrected chi connectivity index (χ0v) is 9.10. The molecule has 0 bridgehead atoms. The van der Waals surface area contributed by atoms with Crippen LogP contribution in [0.15, 0.2) is 12.3 Å². The molecule has 1 amide bonds. The Morgan fingerprint density at radius 3 is 3.00 bits per heavy atom. The van der Waals surface area contributed by atoms with E-state index in [0.29, 0.717) is 17.3 Å². The molecule has 0 aliphatic rings. The van der Waals surface area contributed by atoms with Crippen LogP contribution in [0, 0.1) is 12.3 Å². The van der Waals surface area contributed by atoms with E-state index in [2.05, 4.69) is 16.2 Å². The lowest BCUT2D eigenvalue weighted by Gasteiger charge is -2.01. The maximum absolute atomic E-state index is 11.4. The van der Waals surface area contributed by atoms with Crippen molar-refractivity contribution < 1.29 is 4.79 Å². The highest BCUT2D eigenvalue weighted by molar-refractivity contribution is 6.30. The Kier molecular flexibility index (Phi) is 4.79. The van der Waals surface area contributed by atoms with Crippen LogP contribution >= 0.6 is 11.6 Å². The fourth-order valence-electron chi connectivity index (χ4n) is 1.15. The standard InChI is InChI=1S/C11H13ClN2O/c1-2-3-4-5-6-13-11(15)10-7-9(12)8-14-10/h1,7-8,14H,3-6H2,(H,13,15). The van der Waals surface area contributed by atoms with Gasteiger partial charge in [-0.2, -0.15) is 0 Å². The number of carbonyl (C=O) groups excluding carboxylic acids is 1. The molecule has 1 aromatic rings. The number of carbonyl (C=O) groups is 1. The van der Waals surface area contributed by atoms with Crippen molar-refractivity contribution in [1.29, 1.82) is 0 Å². The molecule has 3 nitrogen and oxygen atoms in total. The molecule has 4 heteroatoms. The quantitative estimate of drug-likeness (QED) is 0.585. The Bertz CT molecular complexity index is 365. The van der Waals surface area contributed by atoms with Gasteiger partial charge in [0.1, 0.15) is 5.69 Å². The van der Waals surface area contributed by atoms with Gasteiger partial charge in [0.05, 0.1) is 5.02 Å². The summed E-state index contributed by atoms with van der Waals surface area (Å²) < 4.78 is 0. The van der Waals surface area contributed by atoms with E-state index in [1.165, 1.54) is 0 Å². The minimum Gasteiger partial charge on any atom is -0.356 e. The number of aromatic amines is 1. The fourth-order valence-corrected chi connectivity index (χ4v) is 1.31. The molecular weight excluding hydrogens is 212 g/mol. The summed E-state index contributed by atoms with van der Waals surface area (Å²) in [6.45, 7) is 0.636. The van der Waals surface area contributed by atoms with E-state index in [4.69, 9.17) is 18.0 Å². The highest BCUT2D eigenvalue weighted by Gasteiger charge is 2.06. The summed E-state index contributed by atoms with van der Waals surface area (Å²) in [6.07, 6.45) is 9.27. The summed E-state index contributed by atoms with van der Waals surface area (Å²) >= 11 is 5.67. The Morgan fingerprint density at radius 1 is 1.60 bits per heavy atom. The number of H-pyrrole nitrogens is 1. The van der Waals surface area contributed by atoms with Crippen molar-refractivity contribution in [2.24, 2.45) is 0 Å². The fraction of sp³-hybridized carbons (Fsp3) is 0.364. The smallest absolute Gasteiger partial charge is 0.267 e. The van der Waals surface area contributed by atoms with E-state index in [1.807, 2.05) is 0 Å². The number of halogens is 1. The molecule has 2 N–H and O–H groups in total. The van der Waals surface area contributed by atoms with E-state index in [0.717, 1.165) is 19.3 Å². The molecule has 0 saturated carbocycles. The number of hydrogen-bond acceptors (Lipinski definition) is 1. The van der Waals surface area contributed by atoms with Gasteiger partial charge in [-0.1, -0.05) is 11.6 Å². The minimum atomic E-state index is -0.136. The molecule has 0 radical (unpaired) electrons. The molecule has 1 aromatic heterocycles. The monoisotopic (exact) mass is 224 g/mol. The van der Waals surface area contributed by atoms with E-state index < -0.39 is 0 Å². The van der Waals surface area contributed by atoms with Crippen LogP contribution in [-0.2, 0) is 0 Å². The lowest BCUT2D eigenvalue weighted by molar-refractivity contribution is 0.0948. The van der Waals surface area contributed by atoms with Gasteiger partial charge in [-0.3, -0.25) is 4.79 Å². The van der Waals surface area contributed by atoms with Crippen LogP contribution in [0.2, 0.25) is 5.02 Å². The van der Waals surface area contributed by atoms with Gasteiger partial charge in [0, 0.05) is 19.2 Å². The predicted octanol–water partition coefficient (Wildman–Crippen LogP) is 2.20. The number of terminal acetylenes is 1. The van der Waals surface area contributed by atoms with Gasteiger partial charge in [0.15, 0.2) is 0 Å². The lowest BCUT2D eigenvalue weighted by atomic mass is 10.2. The van der Waals surface area contributed by atoms with Crippen molar-refractivity contribution in [2.75, 3.05) is 6.54 Å². The second-order valence-electron chi connectivity index (χ2n) is 3.15. The maximum Gasteiger partial charge on any atom is 0.267 e. The van der Waals surface area contributed by atoms with E-state index >= 15 is 0 Å². The molecule has 0 fully saturated rings. The number of nitrogens with one attached hydrogen (secondary N) is 2. The highest BCUT2D eigenvalue weighted by Crippen LogP contribution is 2.08. The topological polar surface area (TPSA) is 44.9 Å². The van der Waals surface area contributed by atoms with Crippen LogP contribution in [0.25, 0.3) is 0 Å². The molecule has 0 aromatic carbocycles. The molecule has 1 heterocycles. The second-order valence-corrected chi connectivity index (χ2v) is 3.59. The van der Waals surface area contributed by atoms with Gasteiger partial charge in [-0.15, -0.1) is 12.3 Å². The Labute approximate surface area is 94.2 Å². The first kappa shape index (κ1) is 11.7. The third-order valence-electron chi connectivity index (χ3n) is 1.93. The first-order valence-electron chi connectivity index (χ1n) is 4.79. The molecule has 0 atom stereocenters. The SMILES string of the molecule is C#CCCCCNC(=O)c1cc(Cl)c[nH]1. The number of aromatic nitrogens is 1. The maximum atomic E-state index is 11.4. The van der Waals surface area contributed by atoms with Crippen molar-refractivity contribution in [3.63, 3.8) is 0 Å². The summed E-state index contributed by atoms with van der Waals surface area (Å²) in [5.41, 5.74) is 0.483. The van der Waals surface area contributed by atoms with Crippen molar-refractivity contribution in [2.45, 2.75) is 19.3 Å². The Balaban J connectivity index is 2.23. The second kappa shape index (κ2) is 6.15. The first-order valence-corrected chi connectivity index (χ1v) is 5.17. The lowest BCUT2D eigenvalue weighted by Crippen LogP contribution is -2.24. The Morgan fingerprint density at radius 2 is 2.40 bits per heavy atom. The third kappa shape index (κ3) is 4.09. The van der Waals surface area contributed by atoms with Gasteiger partial charge >= 0.3 is 0 Å². The van der Waals surface area contributed by atoms with Gasteiger partial charge < -0.3 is 10.3 Å². The molecular formula is C11H13ClN2O. The molecule has 1 rings (SSSR count). The minimum absolute atomic E-state index is 0.136. The molecule has 0 unspecified atom stereocenters. The number of unbranched alkanes of at least 4 members (excludes halogenated alkanes) is 2. The summed E-state index contributed by atoms with van der Waals surface area (Å²) in [6, 6.07) is 1.60. The van der Waals surface area contributed by atoms with E-state index in [9.17, 15) is 4.79 Å². The average Bonchev–Trinajstić information content (AvgIpc) is 2.64. The van der Waals surface area contributed by atoms with E-state index in [1.54, 1.807) is 12.3 Å². The van der Waals surface area contributed by atoms with Crippen molar-refractivity contribution in [3.8, 4) is 12.3 Å². The van der Waals surface area contributed by atoms with Crippen LogP contribution in [-0.4, -0.2) is 17.4 Å². The zero-order chi connectivity index (χ0) is 11.1. The van der Waals surface area contributed by atoms with Crippen LogP contribution in [0.3, 0.4) is 0 Å². The molecule has 15 heavy (non-hydrogen) atoms. The number of amides is 1. The predicted molar refractivity (Wildman–Crippen MR) is 60.8 cm³/mol. The van der Waals surface area contributed by atoms with Crippen LogP contribution in [0.5, 0.6) is 0 Å². The average molecular weight is 225 g/mol. The summed E-state index contributed by atoms with van der Waals surface area (Å²) in [5.74, 6) is 2.42. The molecule has 0 saturated heterocycles. The van der Waals surface area contributed by atoms with Gasteiger partial charge in [0.2, 0.25) is 0 Å². The molecule has 0 aliphatic heterocycles. The van der Waals surface area contributed by atoms with Crippen LogP contribution in [0.1, 0.15) is 29.8 Å². The van der Waals surface area contributed by atoms with Gasteiger partial charge in [-0.25, -0.2) is 0 Å². The molecule has 0 spiro atoms. The first-order chi connectivity index (χ1) is 7.24. The summed E-state index contributed by atoms with van der Waals surface area (Å²) in [7, 11) is 0. The largest absolute Gasteiger partial charge is 0.356 e. The van der Waals surface area contributed by atoms with Crippen LogP contribution < -0.4 is 5.32 Å². The zero-order valence-electron chi connectivity index (χ0n) is 8.35. The normalized spacial score (nSPS) is 9.60. The van der Waals surface area contributed by atoms with Crippen molar-refractivity contribution >= 4 is 17.5 Å². The molecule has 0 aliphatic carbocycles. The van der Waals surface area contributed by atoms with Crippen LogP contribution in [0.4, 0.5) is 0 Å². The summed E-state index contributed by atoms with van der Waals surface area (Å²) in [4.78, 5) is 14.2. The van der Waals surface area contributed by atoms with Gasteiger partial charge in [-0.05, 0) is 18.9 Å². The van der Waals surface area contributed by atoms with Crippen molar-refractivity contribution in [1.82, 2.24) is 10.3 Å². The third-order valence-corrected chi connectivity index (χ3v) is 2.14. The van der Waals surface area contributed by atoms with Crippen molar-refractivity contribution in [3.05, 3.63) is 23.0 Å². The summed E-state index contributed by atoms with van der Waals surface area (Å²) in [5, 5.41) is 3.31. The number of rotatable bonds is 5. The van der Waals surface area contributed by atoms with Gasteiger partial charge in [0.25, 0.3) is 5.91 Å². The Hall–Kier alpha value is -1.40. The van der Waals surface area contributed by atoms with E-state index in [-0.39, 0.29) is 5.91 Å².